The number of carbonyl (C=O) groups excluding carboxylic acids is 1. The topological polar surface area (TPSA) is 137 Å². The predicted octanol–water partition coefficient (Wildman–Crippen LogP) is 2.96. The third kappa shape index (κ3) is 4.91. The zero-order chi connectivity index (χ0) is 24.9. The Morgan fingerprint density at radius 2 is 1.97 bits per heavy atom. The number of hydrogen-bond donors (Lipinski definition) is 2. The molecule has 0 aliphatic rings. The number of para-hydroxylation sites is 1. The fourth-order valence-corrected chi connectivity index (χ4v) is 3.68. The van der Waals surface area contributed by atoms with Crippen LogP contribution in [-0.4, -0.2) is 44.4 Å². The molecule has 0 bridgehead atoms. The van der Waals surface area contributed by atoms with Crippen molar-refractivity contribution < 1.29 is 23.8 Å². The molecule has 0 radical (unpaired) electrons. The van der Waals surface area contributed by atoms with Crippen molar-refractivity contribution in [2.45, 2.75) is 32.7 Å². The molecule has 10 heteroatoms. The van der Waals surface area contributed by atoms with Crippen LogP contribution in [0.1, 0.15) is 25.8 Å². The van der Waals surface area contributed by atoms with Crippen molar-refractivity contribution in [2.24, 2.45) is 0 Å². The van der Waals surface area contributed by atoms with E-state index in [0.717, 1.165) is 5.69 Å². The monoisotopic (exact) mass is 476 g/mol. The molecule has 0 fully saturated rings. The second-order valence-electron chi connectivity index (χ2n) is 7.80. The lowest BCUT2D eigenvalue weighted by Crippen LogP contribution is -2.42. The first-order valence-electron chi connectivity index (χ1n) is 11.1. The molecule has 2 N–H and O–H groups in total. The summed E-state index contributed by atoms with van der Waals surface area (Å²) in [7, 11) is 0. The summed E-state index contributed by atoms with van der Waals surface area (Å²) in [4.78, 5) is 36.6. The predicted molar refractivity (Wildman–Crippen MR) is 128 cm³/mol. The number of aromatic nitrogens is 3. The molecule has 2 aromatic heterocycles. The molecule has 0 saturated carbocycles. The molecular weight excluding hydrogens is 452 g/mol. The maximum Gasteiger partial charge on any atom is 0.326 e. The lowest BCUT2D eigenvalue weighted by molar-refractivity contribution is -0.142. The van der Waals surface area contributed by atoms with Crippen LogP contribution in [0.15, 0.2) is 64.3 Å². The lowest BCUT2D eigenvalue weighted by Gasteiger charge is -2.14. The summed E-state index contributed by atoms with van der Waals surface area (Å²) in [6.07, 6.45) is 3.64. The van der Waals surface area contributed by atoms with E-state index in [1.165, 1.54) is 12.6 Å². The largest absolute Gasteiger partial charge is 0.483 e. The Kier molecular flexibility index (Phi) is 6.91. The van der Waals surface area contributed by atoms with Crippen LogP contribution in [0.3, 0.4) is 0 Å². The van der Waals surface area contributed by atoms with Gasteiger partial charge in [-0.1, -0.05) is 32.0 Å². The average Bonchev–Trinajstić information content (AvgIpc) is 3.36. The van der Waals surface area contributed by atoms with Crippen LogP contribution in [0.25, 0.3) is 28.0 Å². The number of carboxylic acids is 1. The van der Waals surface area contributed by atoms with Crippen molar-refractivity contribution in [2.75, 3.05) is 6.61 Å². The number of carbonyl (C=O) groups is 2. The van der Waals surface area contributed by atoms with Gasteiger partial charge in [0.25, 0.3) is 5.91 Å². The smallest absolute Gasteiger partial charge is 0.326 e. The van der Waals surface area contributed by atoms with Crippen molar-refractivity contribution in [1.82, 2.24) is 20.1 Å². The Balaban J connectivity index is 1.64. The van der Waals surface area contributed by atoms with E-state index in [9.17, 15) is 14.4 Å². The van der Waals surface area contributed by atoms with Crippen LogP contribution in [0, 0.1) is 0 Å². The molecule has 10 nitrogen and oxygen atoms in total. The summed E-state index contributed by atoms with van der Waals surface area (Å²) in [6, 6.07) is 11.6. The fraction of sp³-hybridized carbons (Fsp3) is 0.240. The van der Waals surface area contributed by atoms with E-state index in [1.807, 2.05) is 37.3 Å². The number of fused-ring (bicyclic) bond motifs is 1. The second kappa shape index (κ2) is 10.2. The summed E-state index contributed by atoms with van der Waals surface area (Å²) < 4.78 is 13.1. The van der Waals surface area contributed by atoms with Gasteiger partial charge in [0.05, 0.1) is 5.39 Å². The van der Waals surface area contributed by atoms with Crippen molar-refractivity contribution in [3.8, 4) is 22.8 Å². The van der Waals surface area contributed by atoms with Gasteiger partial charge in [-0.3, -0.25) is 14.2 Å². The van der Waals surface area contributed by atoms with E-state index >= 15 is 0 Å². The fourth-order valence-electron chi connectivity index (χ4n) is 3.68. The quantitative estimate of drug-likeness (QED) is 0.376. The second-order valence-corrected chi connectivity index (χ2v) is 7.80. The molecule has 0 aliphatic heterocycles. The van der Waals surface area contributed by atoms with E-state index in [1.54, 1.807) is 23.6 Å². The molecule has 4 rings (SSSR count). The van der Waals surface area contributed by atoms with Gasteiger partial charge in [0.1, 0.15) is 35.5 Å². The Labute approximate surface area is 200 Å². The van der Waals surface area contributed by atoms with Gasteiger partial charge in [-0.25, -0.2) is 4.79 Å². The van der Waals surface area contributed by atoms with Crippen LogP contribution < -0.4 is 15.5 Å². The SMILES string of the molecule is CCc1cc2c(=O)c(-c3nncn3-c3ccccc3)coc2cc1OCC(=O)NC(CC)C(=O)O. The molecule has 0 aliphatic carbocycles. The highest BCUT2D eigenvalue weighted by Gasteiger charge is 2.20. The van der Waals surface area contributed by atoms with Gasteiger partial charge >= 0.3 is 5.97 Å². The molecule has 180 valence electrons. The van der Waals surface area contributed by atoms with E-state index < -0.39 is 17.9 Å². The van der Waals surface area contributed by atoms with Gasteiger partial charge in [0, 0.05) is 11.8 Å². The minimum Gasteiger partial charge on any atom is -0.483 e. The van der Waals surface area contributed by atoms with E-state index in [4.69, 9.17) is 14.3 Å². The van der Waals surface area contributed by atoms with Crippen LogP contribution >= 0.6 is 0 Å². The summed E-state index contributed by atoms with van der Waals surface area (Å²) in [5.41, 5.74) is 1.77. The lowest BCUT2D eigenvalue weighted by atomic mass is 10.1. The van der Waals surface area contributed by atoms with Crippen molar-refractivity contribution >= 4 is 22.8 Å². The first kappa shape index (κ1) is 23.7. The molecular formula is C25H24N4O6. The first-order chi connectivity index (χ1) is 16.9. The Morgan fingerprint density at radius 1 is 1.20 bits per heavy atom. The number of benzene rings is 2. The van der Waals surface area contributed by atoms with Crippen molar-refractivity contribution in [1.29, 1.82) is 0 Å². The Hall–Kier alpha value is -4.47. The maximum absolute atomic E-state index is 13.4. The summed E-state index contributed by atoms with van der Waals surface area (Å²) in [6.45, 7) is 3.19. The van der Waals surface area contributed by atoms with Gasteiger partial charge in [-0.05, 0) is 36.6 Å². The summed E-state index contributed by atoms with van der Waals surface area (Å²) >= 11 is 0. The number of nitrogens with zero attached hydrogens (tertiary/aromatic N) is 3. The molecule has 1 unspecified atom stereocenters. The number of aryl methyl sites for hydroxylation is 1. The van der Waals surface area contributed by atoms with Gasteiger partial charge in [-0.2, -0.15) is 0 Å². The van der Waals surface area contributed by atoms with Crippen LogP contribution in [-0.2, 0) is 16.0 Å². The molecule has 0 saturated heterocycles. The number of nitrogens with one attached hydrogen (secondary N) is 1. The first-order valence-corrected chi connectivity index (χ1v) is 11.1. The van der Waals surface area contributed by atoms with Crippen LogP contribution in [0.5, 0.6) is 5.75 Å². The molecule has 4 aromatic rings. The van der Waals surface area contributed by atoms with Gasteiger partial charge in [0.15, 0.2) is 12.4 Å². The normalized spacial score (nSPS) is 11.8. The van der Waals surface area contributed by atoms with E-state index in [0.29, 0.717) is 28.9 Å². The Morgan fingerprint density at radius 3 is 2.66 bits per heavy atom. The third-order valence-electron chi connectivity index (χ3n) is 5.56. The molecule has 1 atom stereocenters. The van der Waals surface area contributed by atoms with Crippen LogP contribution in [0.4, 0.5) is 0 Å². The van der Waals surface area contributed by atoms with E-state index in [-0.39, 0.29) is 29.6 Å². The molecule has 2 heterocycles. The van der Waals surface area contributed by atoms with Crippen molar-refractivity contribution in [3.05, 3.63) is 70.8 Å². The van der Waals surface area contributed by atoms with Gasteiger partial charge < -0.3 is 19.6 Å². The summed E-state index contributed by atoms with van der Waals surface area (Å²) in [5.74, 6) is -0.937. The minimum atomic E-state index is -1.11. The standard InChI is InChI=1S/C25H24N4O6/c1-3-15-10-17-21(11-20(15)35-13-22(30)27-19(4-2)25(32)33)34-12-18(23(17)31)24-28-26-14-29(24)16-8-6-5-7-9-16/h5-12,14,19H,3-4,13H2,1-2H3,(H,27,30)(H,32,33). The molecule has 1 amide bonds. The number of amides is 1. The average molecular weight is 476 g/mol. The van der Waals surface area contributed by atoms with Crippen LogP contribution in [0.2, 0.25) is 0 Å². The number of carboxylic acid groups (broad SMARTS) is 1. The minimum absolute atomic E-state index is 0.253. The number of ether oxygens (including phenoxy) is 1. The Bertz CT molecular complexity index is 1430. The zero-order valence-electron chi connectivity index (χ0n) is 19.2. The third-order valence-corrected chi connectivity index (χ3v) is 5.56. The highest BCUT2D eigenvalue weighted by atomic mass is 16.5. The number of hydrogen-bond acceptors (Lipinski definition) is 7. The summed E-state index contributed by atoms with van der Waals surface area (Å²) in [5, 5.41) is 19.9. The maximum atomic E-state index is 13.4. The zero-order valence-corrected chi connectivity index (χ0v) is 19.2. The molecule has 2 aromatic carbocycles. The van der Waals surface area contributed by atoms with Crippen molar-refractivity contribution in [3.63, 3.8) is 0 Å². The molecule has 0 spiro atoms. The van der Waals surface area contributed by atoms with E-state index in [2.05, 4.69) is 15.5 Å². The highest BCUT2D eigenvalue weighted by Crippen LogP contribution is 2.27. The highest BCUT2D eigenvalue weighted by molar-refractivity contribution is 5.85. The van der Waals surface area contributed by atoms with Gasteiger partial charge in [-0.15, -0.1) is 10.2 Å². The number of aliphatic carboxylic acids is 1. The molecule has 35 heavy (non-hydrogen) atoms. The van der Waals surface area contributed by atoms with Gasteiger partial charge in [0.2, 0.25) is 5.43 Å². The number of rotatable bonds is 9.